The highest BCUT2D eigenvalue weighted by Gasteiger charge is 2.31. The maximum atomic E-state index is 12.0. The Balaban J connectivity index is 1.63. The zero-order valence-corrected chi connectivity index (χ0v) is 15.6. The molecule has 1 atom stereocenters. The van der Waals surface area contributed by atoms with Crippen molar-refractivity contribution in [3.63, 3.8) is 0 Å². The fourth-order valence-corrected chi connectivity index (χ4v) is 3.78. The van der Waals surface area contributed by atoms with Crippen molar-refractivity contribution >= 4 is 45.8 Å². The molecule has 128 valence electrons. The highest BCUT2D eigenvalue weighted by molar-refractivity contribution is 7.09. The summed E-state index contributed by atoms with van der Waals surface area (Å²) in [6, 6.07) is 10.2. The molecule has 1 fully saturated rings. The van der Waals surface area contributed by atoms with Gasteiger partial charge in [-0.05, 0) is 12.5 Å². The third-order valence-corrected chi connectivity index (χ3v) is 5.22. The van der Waals surface area contributed by atoms with Crippen molar-refractivity contribution in [2.24, 2.45) is 0 Å². The van der Waals surface area contributed by atoms with E-state index < -0.39 is 4.84 Å². The number of hydrogen-bond donors (Lipinski definition) is 0. The Labute approximate surface area is 155 Å². The number of benzene rings is 1. The molecule has 0 radical (unpaired) electrons. The molecule has 2 heterocycles. The maximum Gasteiger partial charge on any atom is 0.256 e. The topological polar surface area (TPSA) is 49.3 Å². The van der Waals surface area contributed by atoms with E-state index in [9.17, 15) is 4.79 Å². The molecule has 0 aliphatic carbocycles. The Morgan fingerprint density at radius 1 is 1.33 bits per heavy atom. The van der Waals surface area contributed by atoms with E-state index in [1.165, 1.54) is 17.1 Å². The number of hydrogen-bond acceptors (Lipinski definition) is 5. The minimum Gasteiger partial charge on any atom is -0.343 e. The van der Waals surface area contributed by atoms with Crippen LogP contribution in [-0.4, -0.2) is 50.7 Å². The fourth-order valence-electron chi connectivity index (χ4n) is 2.81. The second kappa shape index (κ2) is 7.68. The van der Waals surface area contributed by atoms with Crippen molar-refractivity contribution in [3.8, 4) is 0 Å². The summed E-state index contributed by atoms with van der Waals surface area (Å²) in [4.78, 5) is 19.5. The highest BCUT2D eigenvalue weighted by atomic mass is 35.5. The lowest BCUT2D eigenvalue weighted by molar-refractivity contribution is -0.131. The molecule has 1 aliphatic rings. The smallest absolute Gasteiger partial charge is 0.256 e. The van der Waals surface area contributed by atoms with E-state index in [-0.39, 0.29) is 11.9 Å². The van der Waals surface area contributed by atoms with Crippen LogP contribution in [0.15, 0.2) is 30.3 Å². The van der Waals surface area contributed by atoms with Crippen LogP contribution in [0, 0.1) is 0 Å². The van der Waals surface area contributed by atoms with E-state index in [0.717, 1.165) is 17.4 Å². The fraction of sp³-hybridized carbons (Fsp3) is 0.438. The van der Waals surface area contributed by atoms with Gasteiger partial charge >= 0.3 is 0 Å². The average Bonchev–Trinajstić information content (AvgIpc) is 3.03. The number of alkyl halides is 2. The van der Waals surface area contributed by atoms with Crippen molar-refractivity contribution < 1.29 is 4.79 Å². The number of halogens is 2. The van der Waals surface area contributed by atoms with Gasteiger partial charge in [-0.2, -0.15) is 4.37 Å². The lowest BCUT2D eigenvalue weighted by Gasteiger charge is -2.39. The minimum atomic E-state index is -1.00. The quantitative estimate of drug-likeness (QED) is 0.760. The van der Waals surface area contributed by atoms with Crippen molar-refractivity contribution in [2.75, 3.05) is 24.5 Å². The van der Waals surface area contributed by atoms with Crippen LogP contribution in [0.1, 0.15) is 18.3 Å². The Morgan fingerprint density at radius 2 is 2.08 bits per heavy atom. The molecule has 1 aromatic carbocycles. The molecule has 0 spiro atoms. The lowest BCUT2D eigenvalue weighted by atomic mass is 10.1. The summed E-state index contributed by atoms with van der Waals surface area (Å²) in [7, 11) is 0. The normalized spacial score (nSPS) is 18.2. The van der Waals surface area contributed by atoms with E-state index >= 15 is 0 Å². The van der Waals surface area contributed by atoms with Crippen LogP contribution in [0.25, 0.3) is 0 Å². The molecule has 1 amide bonds. The third-order valence-electron chi connectivity index (χ3n) is 4.03. The van der Waals surface area contributed by atoms with Crippen LogP contribution in [0.4, 0.5) is 5.13 Å². The molecular weight excluding hydrogens is 367 g/mol. The molecule has 5 nitrogen and oxygen atoms in total. The number of rotatable bonds is 4. The Morgan fingerprint density at radius 3 is 2.75 bits per heavy atom. The monoisotopic (exact) mass is 384 g/mol. The van der Waals surface area contributed by atoms with Crippen LogP contribution in [0.2, 0.25) is 0 Å². The predicted molar refractivity (Wildman–Crippen MR) is 98.0 cm³/mol. The van der Waals surface area contributed by atoms with E-state index in [0.29, 0.717) is 19.6 Å². The summed E-state index contributed by atoms with van der Waals surface area (Å²) in [5, 5.41) is 0.896. The van der Waals surface area contributed by atoms with Gasteiger partial charge in [0, 0.05) is 43.6 Å². The van der Waals surface area contributed by atoms with Gasteiger partial charge in [-0.15, -0.1) is 0 Å². The first kappa shape index (κ1) is 17.5. The first-order valence-corrected chi connectivity index (χ1v) is 9.39. The van der Waals surface area contributed by atoms with Crippen LogP contribution >= 0.6 is 34.7 Å². The summed E-state index contributed by atoms with van der Waals surface area (Å²) in [6.45, 7) is 3.98. The number of piperazine rings is 1. The molecule has 3 rings (SSSR count). The first-order chi connectivity index (χ1) is 11.5. The molecule has 0 saturated carbocycles. The van der Waals surface area contributed by atoms with E-state index in [2.05, 4.69) is 26.4 Å². The molecule has 8 heteroatoms. The van der Waals surface area contributed by atoms with Crippen molar-refractivity contribution in [1.82, 2.24) is 14.3 Å². The van der Waals surface area contributed by atoms with Crippen molar-refractivity contribution in [1.29, 1.82) is 0 Å². The number of carbonyl (C=O) groups excluding carboxylic acids is 1. The molecular formula is C16H18Cl2N4OS. The van der Waals surface area contributed by atoms with Crippen molar-refractivity contribution in [2.45, 2.75) is 24.2 Å². The van der Waals surface area contributed by atoms with E-state index in [1.54, 1.807) is 4.90 Å². The largest absolute Gasteiger partial charge is 0.343 e. The Hall–Kier alpha value is -1.37. The summed E-state index contributed by atoms with van der Waals surface area (Å²) in [5.41, 5.74) is 1.20. The summed E-state index contributed by atoms with van der Waals surface area (Å²) < 4.78 is 4.46. The van der Waals surface area contributed by atoms with Gasteiger partial charge in [-0.3, -0.25) is 4.79 Å². The Bertz CT molecular complexity index is 694. The molecule has 0 bridgehead atoms. The van der Waals surface area contributed by atoms with Gasteiger partial charge in [0.15, 0.2) is 4.84 Å². The van der Waals surface area contributed by atoms with Gasteiger partial charge in [0.2, 0.25) is 5.13 Å². The lowest BCUT2D eigenvalue weighted by Crippen LogP contribution is -2.55. The first-order valence-electron chi connectivity index (χ1n) is 7.74. The van der Waals surface area contributed by atoms with Gasteiger partial charge in [0.05, 0.1) is 0 Å². The maximum absolute atomic E-state index is 12.0. The van der Waals surface area contributed by atoms with Gasteiger partial charge < -0.3 is 9.80 Å². The molecule has 2 aromatic rings. The van der Waals surface area contributed by atoms with Crippen LogP contribution in [0.5, 0.6) is 0 Å². The zero-order chi connectivity index (χ0) is 17.1. The Kier molecular flexibility index (Phi) is 5.58. The second-order valence-corrected chi connectivity index (χ2v) is 7.61. The number of nitrogens with zero attached hydrogens (tertiary/aromatic N) is 4. The van der Waals surface area contributed by atoms with Gasteiger partial charge in [-0.1, -0.05) is 53.5 Å². The van der Waals surface area contributed by atoms with E-state index in [1.807, 2.05) is 25.1 Å². The van der Waals surface area contributed by atoms with Crippen LogP contribution in [0.3, 0.4) is 0 Å². The third kappa shape index (κ3) is 3.99. The van der Waals surface area contributed by atoms with Gasteiger partial charge in [0.1, 0.15) is 5.82 Å². The molecule has 24 heavy (non-hydrogen) atoms. The number of aromatic nitrogens is 2. The summed E-state index contributed by atoms with van der Waals surface area (Å²) in [5.74, 6) is 0.599. The minimum absolute atomic E-state index is 0.0349. The van der Waals surface area contributed by atoms with E-state index in [4.69, 9.17) is 23.2 Å². The number of carbonyl (C=O) groups is 1. The number of anilines is 1. The SMILES string of the molecule is CC1CN(c2nc(Cc3ccccc3)ns2)CCN1C(=O)C(Cl)Cl. The molecule has 1 aromatic heterocycles. The van der Waals surface area contributed by atoms with Crippen LogP contribution < -0.4 is 4.90 Å². The molecule has 1 unspecified atom stereocenters. The summed E-state index contributed by atoms with van der Waals surface area (Å²) in [6.07, 6.45) is 0.728. The van der Waals surface area contributed by atoms with Gasteiger partial charge in [0.25, 0.3) is 5.91 Å². The number of amides is 1. The van der Waals surface area contributed by atoms with Crippen LogP contribution in [-0.2, 0) is 11.2 Å². The molecule has 1 aliphatic heterocycles. The van der Waals surface area contributed by atoms with Crippen molar-refractivity contribution in [3.05, 3.63) is 41.7 Å². The standard InChI is InChI=1S/C16H18Cl2N4OS/c1-11-10-21(7-8-22(11)15(23)14(17)18)16-19-13(20-24-16)9-12-5-3-2-4-6-12/h2-6,11,14H,7-10H2,1H3. The average molecular weight is 385 g/mol. The zero-order valence-electron chi connectivity index (χ0n) is 13.2. The molecule has 1 saturated heterocycles. The highest BCUT2D eigenvalue weighted by Crippen LogP contribution is 2.23. The molecule has 0 N–H and O–H groups in total. The van der Waals surface area contributed by atoms with Gasteiger partial charge in [-0.25, -0.2) is 4.98 Å². The summed E-state index contributed by atoms with van der Waals surface area (Å²) >= 11 is 12.8. The second-order valence-electron chi connectivity index (χ2n) is 5.78. The predicted octanol–water partition coefficient (Wildman–Crippen LogP) is 2.97.